The Kier molecular flexibility index (Phi) is 7.02. The fourth-order valence-corrected chi connectivity index (χ4v) is 6.02. The second-order valence-corrected chi connectivity index (χ2v) is 9.29. The monoisotopic (exact) mass is 468 g/mol. The third kappa shape index (κ3) is 4.61. The van der Waals surface area contributed by atoms with Gasteiger partial charge in [-0.1, -0.05) is 36.4 Å². The van der Waals surface area contributed by atoms with E-state index in [0.29, 0.717) is 29.4 Å². The first-order valence-corrected chi connectivity index (χ1v) is 12.1. The lowest BCUT2D eigenvalue weighted by Crippen LogP contribution is -2.47. The molecule has 2 unspecified atom stereocenters. The minimum atomic E-state index is -0.573. The Labute approximate surface area is 195 Å². The molecule has 0 bridgehead atoms. The Morgan fingerprint density at radius 3 is 2.50 bits per heavy atom. The fraction of sp³-hybridized carbons (Fsp3) is 0.250. The van der Waals surface area contributed by atoms with Crippen molar-refractivity contribution >= 4 is 34.9 Å². The molecule has 2 aromatic carbocycles. The van der Waals surface area contributed by atoms with Crippen molar-refractivity contribution in [2.45, 2.75) is 18.0 Å². The molecule has 4 rings (SSSR count). The number of ether oxygens (including phenoxy) is 2. The molecule has 1 fully saturated rings. The second kappa shape index (κ2) is 10.1. The third-order valence-corrected chi connectivity index (χ3v) is 7.64. The highest BCUT2D eigenvalue weighted by atomic mass is 32.2. The molecule has 1 saturated heterocycles. The number of methoxy groups -OCH3 is 2. The number of benzene rings is 2. The molecular formula is C24H24N2O4S2. The van der Waals surface area contributed by atoms with Crippen molar-refractivity contribution < 1.29 is 19.1 Å². The molecule has 3 aromatic rings. The highest BCUT2D eigenvalue weighted by Crippen LogP contribution is 2.44. The van der Waals surface area contributed by atoms with Crippen LogP contribution >= 0.6 is 23.1 Å². The summed E-state index contributed by atoms with van der Waals surface area (Å²) in [6, 6.07) is 18.2. The van der Waals surface area contributed by atoms with E-state index in [1.807, 2.05) is 47.8 Å². The first-order chi connectivity index (χ1) is 15.6. The molecule has 1 aliphatic rings. The normalized spacial score (nSPS) is 17.8. The maximum Gasteiger partial charge on any atom is 0.255 e. The van der Waals surface area contributed by atoms with Crippen molar-refractivity contribution in [1.29, 1.82) is 0 Å². The molecule has 2 atom stereocenters. The highest BCUT2D eigenvalue weighted by Gasteiger charge is 2.43. The van der Waals surface area contributed by atoms with Crippen LogP contribution in [0.1, 0.15) is 26.2 Å². The number of thioether (sulfide) groups is 1. The van der Waals surface area contributed by atoms with Crippen molar-refractivity contribution in [3.8, 4) is 11.5 Å². The van der Waals surface area contributed by atoms with E-state index in [-0.39, 0.29) is 17.2 Å². The molecule has 6 nitrogen and oxygen atoms in total. The summed E-state index contributed by atoms with van der Waals surface area (Å²) >= 11 is 3.19. The number of hydrogen-bond acceptors (Lipinski definition) is 6. The number of thiophene rings is 1. The van der Waals surface area contributed by atoms with Gasteiger partial charge in [-0.2, -0.15) is 0 Å². The van der Waals surface area contributed by atoms with Gasteiger partial charge in [-0.15, -0.1) is 23.1 Å². The summed E-state index contributed by atoms with van der Waals surface area (Å²) in [5.74, 6) is 1.18. The van der Waals surface area contributed by atoms with Gasteiger partial charge in [0.05, 0.1) is 14.2 Å². The summed E-state index contributed by atoms with van der Waals surface area (Å²) in [5, 5.41) is 4.76. The molecule has 1 aliphatic heterocycles. The van der Waals surface area contributed by atoms with Gasteiger partial charge in [0.2, 0.25) is 5.91 Å². The SMILES string of the molecule is COc1ccc(C(=O)N2C(C(=O)NCc3ccccc3)CSC2c2cccs2)cc1OC. The van der Waals surface area contributed by atoms with Gasteiger partial charge in [-0.05, 0) is 35.2 Å². The minimum absolute atomic E-state index is 0.158. The van der Waals surface area contributed by atoms with Gasteiger partial charge in [0.25, 0.3) is 5.91 Å². The minimum Gasteiger partial charge on any atom is -0.493 e. The smallest absolute Gasteiger partial charge is 0.255 e. The van der Waals surface area contributed by atoms with E-state index in [1.54, 1.807) is 53.3 Å². The third-order valence-electron chi connectivity index (χ3n) is 5.26. The Morgan fingerprint density at radius 2 is 1.81 bits per heavy atom. The van der Waals surface area contributed by atoms with E-state index < -0.39 is 6.04 Å². The lowest BCUT2D eigenvalue weighted by Gasteiger charge is -2.28. The number of carbonyl (C=O) groups is 2. The van der Waals surface area contributed by atoms with Gasteiger partial charge in [-0.3, -0.25) is 9.59 Å². The van der Waals surface area contributed by atoms with Crippen LogP contribution in [0, 0.1) is 0 Å². The number of nitrogens with one attached hydrogen (secondary N) is 1. The standard InChI is InChI=1S/C24H24N2O4S2/c1-29-19-11-10-17(13-20(19)30-2)23(28)26-18(15-32-24(26)21-9-6-12-31-21)22(27)25-14-16-7-4-3-5-8-16/h3-13,18,24H,14-15H2,1-2H3,(H,25,27). The molecule has 166 valence electrons. The molecule has 0 spiro atoms. The summed E-state index contributed by atoms with van der Waals surface area (Å²) in [6.07, 6.45) is 0. The molecular weight excluding hydrogens is 444 g/mol. The molecule has 2 amide bonds. The average Bonchev–Trinajstić information content (AvgIpc) is 3.52. The van der Waals surface area contributed by atoms with Crippen LogP contribution in [-0.2, 0) is 11.3 Å². The predicted molar refractivity (Wildman–Crippen MR) is 127 cm³/mol. The van der Waals surface area contributed by atoms with Gasteiger partial charge in [0.15, 0.2) is 11.5 Å². The fourth-order valence-electron chi connectivity index (χ4n) is 3.63. The van der Waals surface area contributed by atoms with Crippen molar-refractivity contribution in [3.05, 3.63) is 82.0 Å². The topological polar surface area (TPSA) is 67.9 Å². The molecule has 0 radical (unpaired) electrons. The zero-order chi connectivity index (χ0) is 22.5. The van der Waals surface area contributed by atoms with E-state index in [4.69, 9.17) is 9.47 Å². The molecule has 1 aromatic heterocycles. The molecule has 32 heavy (non-hydrogen) atoms. The molecule has 1 N–H and O–H groups in total. The first kappa shape index (κ1) is 22.2. The van der Waals surface area contributed by atoms with E-state index >= 15 is 0 Å². The van der Waals surface area contributed by atoms with E-state index in [1.165, 1.54) is 7.11 Å². The van der Waals surface area contributed by atoms with E-state index in [9.17, 15) is 9.59 Å². The van der Waals surface area contributed by atoms with Gasteiger partial charge in [0.1, 0.15) is 11.4 Å². The molecule has 2 heterocycles. The maximum atomic E-state index is 13.7. The summed E-state index contributed by atoms with van der Waals surface area (Å²) in [5.41, 5.74) is 1.46. The van der Waals surface area contributed by atoms with Crippen LogP contribution in [0.2, 0.25) is 0 Å². The van der Waals surface area contributed by atoms with E-state index in [2.05, 4.69) is 5.32 Å². The first-order valence-electron chi connectivity index (χ1n) is 10.1. The van der Waals surface area contributed by atoms with Gasteiger partial charge in [0, 0.05) is 22.7 Å². The lowest BCUT2D eigenvalue weighted by molar-refractivity contribution is -0.125. The second-order valence-electron chi connectivity index (χ2n) is 7.20. The molecule has 0 aliphatic carbocycles. The summed E-state index contributed by atoms with van der Waals surface area (Å²) < 4.78 is 10.7. The highest BCUT2D eigenvalue weighted by molar-refractivity contribution is 7.99. The van der Waals surface area contributed by atoms with Crippen molar-refractivity contribution in [2.24, 2.45) is 0 Å². The van der Waals surface area contributed by atoms with Crippen LogP contribution < -0.4 is 14.8 Å². The van der Waals surface area contributed by atoms with Crippen molar-refractivity contribution in [1.82, 2.24) is 10.2 Å². The van der Waals surface area contributed by atoms with Crippen LogP contribution in [0.25, 0.3) is 0 Å². The molecule has 0 saturated carbocycles. The van der Waals surface area contributed by atoms with Crippen LogP contribution in [-0.4, -0.2) is 42.7 Å². The quantitative estimate of drug-likeness (QED) is 0.559. The summed E-state index contributed by atoms with van der Waals surface area (Å²) in [7, 11) is 3.09. The zero-order valence-electron chi connectivity index (χ0n) is 17.8. The number of nitrogens with zero attached hydrogens (tertiary/aromatic N) is 1. The molecule has 8 heteroatoms. The Bertz CT molecular complexity index is 1070. The van der Waals surface area contributed by atoms with Crippen molar-refractivity contribution in [2.75, 3.05) is 20.0 Å². The van der Waals surface area contributed by atoms with Crippen molar-refractivity contribution in [3.63, 3.8) is 0 Å². The summed E-state index contributed by atoms with van der Waals surface area (Å²) in [4.78, 5) is 29.5. The van der Waals surface area contributed by atoms with Crippen LogP contribution in [0.3, 0.4) is 0 Å². The largest absolute Gasteiger partial charge is 0.493 e. The van der Waals surface area contributed by atoms with Crippen LogP contribution in [0.15, 0.2) is 66.0 Å². The number of hydrogen-bond donors (Lipinski definition) is 1. The van der Waals surface area contributed by atoms with Gasteiger partial charge >= 0.3 is 0 Å². The Morgan fingerprint density at radius 1 is 1.03 bits per heavy atom. The van der Waals surface area contributed by atoms with Gasteiger partial charge in [-0.25, -0.2) is 0 Å². The summed E-state index contributed by atoms with van der Waals surface area (Å²) in [6.45, 7) is 0.420. The van der Waals surface area contributed by atoms with Gasteiger partial charge < -0.3 is 19.7 Å². The Balaban J connectivity index is 1.60. The Hall–Kier alpha value is -2.97. The number of carbonyl (C=O) groups excluding carboxylic acids is 2. The number of amides is 2. The zero-order valence-corrected chi connectivity index (χ0v) is 19.4. The predicted octanol–water partition coefficient (Wildman–Crippen LogP) is 4.34. The lowest BCUT2D eigenvalue weighted by atomic mass is 10.1. The maximum absolute atomic E-state index is 13.7. The average molecular weight is 469 g/mol. The van der Waals surface area contributed by atoms with E-state index in [0.717, 1.165) is 10.4 Å². The number of rotatable bonds is 7. The van der Waals surface area contributed by atoms with Crippen LogP contribution in [0.5, 0.6) is 11.5 Å². The van der Waals surface area contributed by atoms with Crippen LogP contribution in [0.4, 0.5) is 0 Å².